The zero-order chi connectivity index (χ0) is 12.2. The third-order valence-corrected chi connectivity index (χ3v) is 5.93. The molecule has 1 heterocycles. The Kier molecular flexibility index (Phi) is 2.62. The molecule has 3 rings (SSSR count). The Hall–Kier alpha value is -0.690. The highest BCUT2D eigenvalue weighted by Crippen LogP contribution is 2.51. The molecule has 1 saturated heterocycles. The van der Waals surface area contributed by atoms with E-state index in [1.165, 1.54) is 24.0 Å². The van der Waals surface area contributed by atoms with Gasteiger partial charge in [-0.05, 0) is 51.7 Å². The van der Waals surface area contributed by atoms with Crippen molar-refractivity contribution < 1.29 is 0 Å². The molecule has 0 N–H and O–H groups in total. The first kappa shape index (κ1) is 11.4. The van der Waals surface area contributed by atoms with Gasteiger partial charge < -0.3 is 0 Å². The first-order valence-electron chi connectivity index (χ1n) is 6.48. The van der Waals surface area contributed by atoms with Crippen LogP contribution in [0.4, 0.5) is 0 Å². The van der Waals surface area contributed by atoms with Crippen LogP contribution in [0.1, 0.15) is 40.5 Å². The molecule has 2 atom stereocenters. The second-order valence-corrected chi connectivity index (χ2v) is 7.06. The highest BCUT2D eigenvalue weighted by atomic mass is 32.2. The molecule has 1 fully saturated rings. The van der Waals surface area contributed by atoms with Gasteiger partial charge in [0.2, 0.25) is 0 Å². The monoisotopic (exact) mass is 244 g/mol. The second kappa shape index (κ2) is 3.91. The average molecular weight is 244 g/mol. The van der Waals surface area contributed by atoms with Gasteiger partial charge in [0.05, 0.1) is 0 Å². The smallest absolute Gasteiger partial charge is 0.0343 e. The van der Waals surface area contributed by atoms with Gasteiger partial charge in [0.25, 0.3) is 0 Å². The SMILES string of the molecule is CC1=C(C)CC2SC3CC(C)=C(C)C=C3C2=C1. The minimum Gasteiger partial charge on any atom is -0.145 e. The van der Waals surface area contributed by atoms with Gasteiger partial charge in [0.15, 0.2) is 0 Å². The van der Waals surface area contributed by atoms with E-state index < -0.39 is 0 Å². The Morgan fingerprint density at radius 1 is 0.824 bits per heavy atom. The van der Waals surface area contributed by atoms with Crippen molar-refractivity contribution in [2.45, 2.75) is 51.0 Å². The molecule has 2 unspecified atom stereocenters. The number of hydrogen-bond acceptors (Lipinski definition) is 1. The maximum absolute atomic E-state index is 2.44. The van der Waals surface area contributed by atoms with Crippen LogP contribution in [0.2, 0.25) is 0 Å². The largest absolute Gasteiger partial charge is 0.145 e. The van der Waals surface area contributed by atoms with E-state index in [-0.39, 0.29) is 0 Å². The van der Waals surface area contributed by atoms with Gasteiger partial charge in [0.1, 0.15) is 0 Å². The normalized spacial score (nSPS) is 32.2. The van der Waals surface area contributed by atoms with Crippen LogP contribution < -0.4 is 0 Å². The van der Waals surface area contributed by atoms with Crippen molar-refractivity contribution in [2.24, 2.45) is 0 Å². The third kappa shape index (κ3) is 1.76. The maximum Gasteiger partial charge on any atom is 0.0343 e. The van der Waals surface area contributed by atoms with Gasteiger partial charge in [-0.2, -0.15) is 0 Å². The molecule has 0 aromatic heterocycles. The summed E-state index contributed by atoms with van der Waals surface area (Å²) in [7, 11) is 0. The number of hydrogen-bond donors (Lipinski definition) is 0. The van der Waals surface area contributed by atoms with Crippen LogP contribution in [0.5, 0.6) is 0 Å². The lowest BCUT2D eigenvalue weighted by Crippen LogP contribution is -2.09. The average Bonchev–Trinajstić information content (AvgIpc) is 2.58. The predicted octanol–water partition coefficient (Wildman–Crippen LogP) is 4.80. The van der Waals surface area contributed by atoms with Crippen LogP contribution in [0, 0.1) is 0 Å². The van der Waals surface area contributed by atoms with Crippen LogP contribution in [0.3, 0.4) is 0 Å². The maximum atomic E-state index is 2.44. The van der Waals surface area contributed by atoms with Crippen LogP contribution in [-0.2, 0) is 0 Å². The Morgan fingerprint density at radius 2 is 1.24 bits per heavy atom. The Labute approximate surface area is 109 Å². The van der Waals surface area contributed by atoms with Crippen molar-refractivity contribution in [1.29, 1.82) is 0 Å². The molecule has 0 saturated carbocycles. The molecule has 0 aromatic rings. The molecule has 0 aromatic carbocycles. The molecule has 17 heavy (non-hydrogen) atoms. The second-order valence-electron chi connectivity index (χ2n) is 5.65. The van der Waals surface area contributed by atoms with Gasteiger partial charge in [-0.3, -0.25) is 0 Å². The Bertz CT molecular complexity index is 454. The summed E-state index contributed by atoms with van der Waals surface area (Å²) in [6.45, 7) is 9.09. The first-order valence-corrected chi connectivity index (χ1v) is 7.42. The van der Waals surface area contributed by atoms with Gasteiger partial charge in [-0.1, -0.05) is 34.4 Å². The quantitative estimate of drug-likeness (QED) is 0.589. The van der Waals surface area contributed by atoms with Crippen LogP contribution in [-0.4, -0.2) is 10.5 Å². The van der Waals surface area contributed by atoms with Gasteiger partial charge in [-0.25, -0.2) is 0 Å². The lowest BCUT2D eigenvalue weighted by atomic mass is 9.84. The van der Waals surface area contributed by atoms with E-state index in [0.717, 1.165) is 10.5 Å². The van der Waals surface area contributed by atoms with Crippen molar-refractivity contribution in [3.8, 4) is 0 Å². The van der Waals surface area contributed by atoms with Crippen LogP contribution in [0.25, 0.3) is 0 Å². The lowest BCUT2D eigenvalue weighted by molar-refractivity contribution is 0.900. The summed E-state index contributed by atoms with van der Waals surface area (Å²) >= 11 is 2.19. The fourth-order valence-electron chi connectivity index (χ4n) is 2.98. The zero-order valence-corrected chi connectivity index (χ0v) is 11.9. The molecule has 0 spiro atoms. The minimum absolute atomic E-state index is 0.730. The molecular formula is C16H20S. The molecule has 0 amide bonds. The van der Waals surface area contributed by atoms with Gasteiger partial charge in [-0.15, -0.1) is 11.8 Å². The highest BCUT2D eigenvalue weighted by Gasteiger charge is 2.37. The fourth-order valence-corrected chi connectivity index (χ4v) is 4.77. The summed E-state index contributed by atoms with van der Waals surface area (Å²) in [5.74, 6) is 0. The summed E-state index contributed by atoms with van der Waals surface area (Å²) in [6, 6.07) is 0. The van der Waals surface area contributed by atoms with Gasteiger partial charge in [0, 0.05) is 10.5 Å². The van der Waals surface area contributed by atoms with Crippen molar-refractivity contribution in [2.75, 3.05) is 0 Å². The molecular weight excluding hydrogens is 224 g/mol. The van der Waals surface area contributed by atoms with Crippen molar-refractivity contribution in [3.63, 3.8) is 0 Å². The third-order valence-electron chi connectivity index (χ3n) is 4.43. The number of allylic oxidation sites excluding steroid dienone is 6. The van der Waals surface area contributed by atoms with E-state index in [0.29, 0.717) is 0 Å². The first-order chi connectivity index (χ1) is 8.06. The molecule has 90 valence electrons. The molecule has 1 aliphatic heterocycles. The molecule has 0 bridgehead atoms. The van der Waals surface area contributed by atoms with Crippen molar-refractivity contribution >= 4 is 11.8 Å². The van der Waals surface area contributed by atoms with Crippen molar-refractivity contribution in [1.82, 2.24) is 0 Å². The van der Waals surface area contributed by atoms with E-state index in [2.05, 4.69) is 51.6 Å². The molecule has 0 radical (unpaired) electrons. The number of rotatable bonds is 0. The standard InChI is InChI=1S/C16H20S/c1-9-5-13-14-6-10(2)12(4)8-16(14)17-15(13)7-11(9)3/h5-6,15-16H,7-8H2,1-4H3. The van der Waals surface area contributed by atoms with E-state index in [1.807, 2.05) is 0 Å². The lowest BCUT2D eigenvalue weighted by Gasteiger charge is -2.20. The zero-order valence-electron chi connectivity index (χ0n) is 11.1. The van der Waals surface area contributed by atoms with Crippen LogP contribution >= 0.6 is 11.8 Å². The number of fused-ring (bicyclic) bond motifs is 3. The molecule has 0 nitrogen and oxygen atoms in total. The minimum atomic E-state index is 0.730. The van der Waals surface area contributed by atoms with Crippen molar-refractivity contribution in [3.05, 3.63) is 45.6 Å². The summed E-state index contributed by atoms with van der Waals surface area (Å²) in [5.41, 5.74) is 9.37. The highest BCUT2D eigenvalue weighted by molar-refractivity contribution is 8.01. The predicted molar refractivity (Wildman–Crippen MR) is 77.3 cm³/mol. The fraction of sp³-hybridized carbons (Fsp3) is 0.500. The van der Waals surface area contributed by atoms with E-state index >= 15 is 0 Å². The Balaban J connectivity index is 2.04. The summed E-state index contributed by atoms with van der Waals surface area (Å²) in [6.07, 6.45) is 7.40. The Morgan fingerprint density at radius 3 is 1.65 bits per heavy atom. The van der Waals surface area contributed by atoms with E-state index in [1.54, 1.807) is 22.3 Å². The number of thioether (sulfide) groups is 1. The summed E-state index contributed by atoms with van der Waals surface area (Å²) in [4.78, 5) is 0. The molecule has 3 aliphatic rings. The van der Waals surface area contributed by atoms with Gasteiger partial charge >= 0.3 is 0 Å². The topological polar surface area (TPSA) is 0 Å². The van der Waals surface area contributed by atoms with Crippen LogP contribution in [0.15, 0.2) is 45.6 Å². The molecule has 1 heteroatoms. The summed E-state index contributed by atoms with van der Waals surface area (Å²) < 4.78 is 0. The summed E-state index contributed by atoms with van der Waals surface area (Å²) in [5, 5.41) is 1.46. The van der Waals surface area contributed by atoms with E-state index in [4.69, 9.17) is 0 Å². The van der Waals surface area contributed by atoms with E-state index in [9.17, 15) is 0 Å². The molecule has 2 aliphatic carbocycles.